The summed E-state index contributed by atoms with van der Waals surface area (Å²) in [5.41, 5.74) is 2.62. The molecule has 0 fully saturated rings. The standard InChI is InChI=1S/C22H20N2O4S/c1-2-27-16-9-7-15(8-10-16)24-20(25)12-23-22(26)19-11-14-13-28-18-6-4-3-5-17(18)21(14)29-19/h3-11H,2,12-13H2,1H3,(H,23,26)(H,24,25). The number of hydrogen-bond acceptors (Lipinski definition) is 5. The van der Waals surface area contributed by atoms with Crippen LogP contribution >= 0.6 is 11.3 Å². The molecular weight excluding hydrogens is 388 g/mol. The molecule has 0 saturated heterocycles. The number of carbonyl (C=O) groups is 2. The Morgan fingerprint density at radius 1 is 1.14 bits per heavy atom. The number of rotatable bonds is 6. The Morgan fingerprint density at radius 3 is 2.72 bits per heavy atom. The number of fused-ring (bicyclic) bond motifs is 3. The van der Waals surface area contributed by atoms with Gasteiger partial charge in [-0.15, -0.1) is 11.3 Å². The number of thiophene rings is 1. The van der Waals surface area contributed by atoms with E-state index in [0.29, 0.717) is 23.8 Å². The minimum Gasteiger partial charge on any atom is -0.494 e. The van der Waals surface area contributed by atoms with E-state index in [1.807, 2.05) is 37.3 Å². The third-order valence-electron chi connectivity index (χ3n) is 4.41. The van der Waals surface area contributed by atoms with Crippen molar-refractivity contribution in [3.05, 3.63) is 65.0 Å². The fraction of sp³-hybridized carbons (Fsp3) is 0.182. The van der Waals surface area contributed by atoms with E-state index in [0.717, 1.165) is 27.5 Å². The molecule has 4 rings (SSSR count). The van der Waals surface area contributed by atoms with Crippen LogP contribution in [0.1, 0.15) is 22.2 Å². The zero-order valence-electron chi connectivity index (χ0n) is 15.9. The summed E-state index contributed by atoms with van der Waals surface area (Å²) in [5.74, 6) is 0.996. The van der Waals surface area contributed by atoms with E-state index in [1.54, 1.807) is 24.3 Å². The first-order valence-electron chi connectivity index (χ1n) is 9.30. The van der Waals surface area contributed by atoms with Gasteiger partial charge in [-0.1, -0.05) is 12.1 Å². The molecular formula is C22H20N2O4S. The zero-order chi connectivity index (χ0) is 20.2. The lowest BCUT2D eigenvalue weighted by molar-refractivity contribution is -0.115. The lowest BCUT2D eigenvalue weighted by atomic mass is 10.1. The van der Waals surface area contributed by atoms with Crippen LogP contribution in [0.25, 0.3) is 10.4 Å². The summed E-state index contributed by atoms with van der Waals surface area (Å²) in [6, 6.07) is 16.7. The first-order valence-corrected chi connectivity index (χ1v) is 10.1. The molecule has 0 aliphatic carbocycles. The largest absolute Gasteiger partial charge is 0.494 e. The van der Waals surface area contributed by atoms with Crippen LogP contribution in [0.3, 0.4) is 0 Å². The predicted molar refractivity (Wildman–Crippen MR) is 113 cm³/mol. The number of amides is 2. The van der Waals surface area contributed by atoms with E-state index in [1.165, 1.54) is 11.3 Å². The van der Waals surface area contributed by atoms with Gasteiger partial charge in [0.2, 0.25) is 5.91 Å². The Bertz CT molecular complexity index is 1040. The smallest absolute Gasteiger partial charge is 0.261 e. The summed E-state index contributed by atoms with van der Waals surface area (Å²) in [7, 11) is 0. The van der Waals surface area contributed by atoms with Gasteiger partial charge >= 0.3 is 0 Å². The Balaban J connectivity index is 1.36. The van der Waals surface area contributed by atoms with Crippen molar-refractivity contribution in [3.8, 4) is 21.9 Å². The van der Waals surface area contributed by atoms with Gasteiger partial charge in [0.1, 0.15) is 18.1 Å². The number of para-hydroxylation sites is 1. The lowest BCUT2D eigenvalue weighted by Crippen LogP contribution is -2.32. The molecule has 2 aromatic carbocycles. The van der Waals surface area contributed by atoms with Crippen molar-refractivity contribution in [2.24, 2.45) is 0 Å². The van der Waals surface area contributed by atoms with Crippen molar-refractivity contribution in [2.45, 2.75) is 13.5 Å². The molecule has 2 N–H and O–H groups in total. The molecule has 1 aliphatic rings. The molecule has 0 saturated carbocycles. The fourth-order valence-electron chi connectivity index (χ4n) is 3.07. The number of hydrogen-bond donors (Lipinski definition) is 2. The maximum atomic E-state index is 12.5. The van der Waals surface area contributed by atoms with E-state index in [-0.39, 0.29) is 18.4 Å². The van der Waals surface area contributed by atoms with Crippen LogP contribution < -0.4 is 20.1 Å². The zero-order valence-corrected chi connectivity index (χ0v) is 16.7. The van der Waals surface area contributed by atoms with Crippen LogP contribution in [0.4, 0.5) is 5.69 Å². The Hall–Kier alpha value is -3.32. The predicted octanol–water partition coefficient (Wildman–Crippen LogP) is 4.07. The van der Waals surface area contributed by atoms with Crippen molar-refractivity contribution in [1.29, 1.82) is 0 Å². The summed E-state index contributed by atoms with van der Waals surface area (Å²) < 4.78 is 11.1. The highest BCUT2D eigenvalue weighted by molar-refractivity contribution is 7.17. The molecule has 2 heterocycles. The lowest BCUT2D eigenvalue weighted by Gasteiger charge is -2.16. The van der Waals surface area contributed by atoms with E-state index < -0.39 is 0 Å². The van der Waals surface area contributed by atoms with Gasteiger partial charge in [-0.3, -0.25) is 9.59 Å². The number of anilines is 1. The minimum atomic E-state index is -0.294. The van der Waals surface area contributed by atoms with Crippen LogP contribution in [0.5, 0.6) is 11.5 Å². The summed E-state index contributed by atoms with van der Waals surface area (Å²) in [6.07, 6.45) is 0. The van der Waals surface area contributed by atoms with Crippen LogP contribution in [-0.2, 0) is 11.4 Å². The molecule has 148 valence electrons. The second-order valence-electron chi connectivity index (χ2n) is 6.44. The first kappa shape index (κ1) is 19.0. The molecule has 29 heavy (non-hydrogen) atoms. The van der Waals surface area contributed by atoms with E-state index >= 15 is 0 Å². The van der Waals surface area contributed by atoms with E-state index in [4.69, 9.17) is 9.47 Å². The third kappa shape index (κ3) is 4.25. The highest BCUT2D eigenvalue weighted by atomic mass is 32.1. The molecule has 0 bridgehead atoms. The van der Waals surface area contributed by atoms with Crippen molar-refractivity contribution in [2.75, 3.05) is 18.5 Å². The van der Waals surface area contributed by atoms with Gasteiger partial charge < -0.3 is 20.1 Å². The summed E-state index contributed by atoms with van der Waals surface area (Å²) in [6.45, 7) is 2.83. The molecule has 0 spiro atoms. The molecule has 7 heteroatoms. The van der Waals surface area contributed by atoms with Crippen LogP contribution in [-0.4, -0.2) is 25.0 Å². The maximum absolute atomic E-state index is 12.5. The highest BCUT2D eigenvalue weighted by Crippen LogP contribution is 2.42. The maximum Gasteiger partial charge on any atom is 0.261 e. The SMILES string of the molecule is CCOc1ccc(NC(=O)CNC(=O)c2cc3c(s2)-c2ccccc2OC3)cc1. The van der Waals surface area contributed by atoms with Gasteiger partial charge in [0.25, 0.3) is 5.91 Å². The molecule has 0 radical (unpaired) electrons. The van der Waals surface area contributed by atoms with E-state index in [9.17, 15) is 9.59 Å². The minimum absolute atomic E-state index is 0.109. The van der Waals surface area contributed by atoms with Gasteiger partial charge in [-0.2, -0.15) is 0 Å². The summed E-state index contributed by atoms with van der Waals surface area (Å²) in [5, 5.41) is 5.43. The topological polar surface area (TPSA) is 76.7 Å². The quantitative estimate of drug-likeness (QED) is 0.645. The van der Waals surface area contributed by atoms with Crippen molar-refractivity contribution >= 4 is 28.8 Å². The molecule has 1 aromatic heterocycles. The Kier molecular flexibility index (Phi) is 5.48. The van der Waals surface area contributed by atoms with Crippen LogP contribution in [0.15, 0.2) is 54.6 Å². The molecule has 2 amide bonds. The second kappa shape index (κ2) is 8.36. The second-order valence-corrected chi connectivity index (χ2v) is 7.49. The van der Waals surface area contributed by atoms with Gasteiger partial charge in [-0.05, 0) is 49.4 Å². The molecule has 3 aromatic rings. The number of carbonyl (C=O) groups excluding carboxylic acids is 2. The van der Waals surface area contributed by atoms with Crippen molar-refractivity contribution in [1.82, 2.24) is 5.32 Å². The average Bonchev–Trinajstić information content (AvgIpc) is 3.19. The normalized spacial score (nSPS) is 11.6. The summed E-state index contributed by atoms with van der Waals surface area (Å²) in [4.78, 5) is 26.3. The van der Waals surface area contributed by atoms with Crippen molar-refractivity contribution in [3.63, 3.8) is 0 Å². The Morgan fingerprint density at radius 2 is 1.93 bits per heavy atom. The van der Waals surface area contributed by atoms with Gasteiger partial charge in [0.15, 0.2) is 0 Å². The average molecular weight is 408 g/mol. The molecule has 1 aliphatic heterocycles. The van der Waals surface area contributed by atoms with Gasteiger partial charge in [0.05, 0.1) is 18.0 Å². The first-order chi connectivity index (χ1) is 14.1. The molecule has 0 atom stereocenters. The van der Waals surface area contributed by atoms with Gasteiger partial charge in [-0.25, -0.2) is 0 Å². The van der Waals surface area contributed by atoms with E-state index in [2.05, 4.69) is 10.6 Å². The third-order valence-corrected chi connectivity index (χ3v) is 5.62. The number of benzene rings is 2. The summed E-state index contributed by atoms with van der Waals surface area (Å²) >= 11 is 1.41. The van der Waals surface area contributed by atoms with Crippen LogP contribution in [0, 0.1) is 0 Å². The monoisotopic (exact) mass is 408 g/mol. The molecule has 6 nitrogen and oxygen atoms in total. The number of nitrogens with one attached hydrogen (secondary N) is 2. The molecule has 0 unspecified atom stereocenters. The fourth-order valence-corrected chi connectivity index (χ4v) is 4.18. The highest BCUT2D eigenvalue weighted by Gasteiger charge is 2.22. The van der Waals surface area contributed by atoms with Gasteiger partial charge in [0, 0.05) is 21.7 Å². The Labute approximate surface area is 172 Å². The van der Waals surface area contributed by atoms with Crippen LogP contribution in [0.2, 0.25) is 0 Å². The van der Waals surface area contributed by atoms with Crippen molar-refractivity contribution < 1.29 is 19.1 Å². The number of ether oxygens (including phenoxy) is 2.